The van der Waals surface area contributed by atoms with Crippen LogP contribution in [0.15, 0.2) is 30.3 Å². The molecule has 1 saturated heterocycles. The molecule has 2 heterocycles. The molecule has 1 aliphatic heterocycles. The SMILES string of the molecule is COc1ccccc1C1CC1C(=O)N1CCCC(c2cc(C)[nH]n2)C1. The Kier molecular flexibility index (Phi) is 4.24. The number of H-pyrrole nitrogens is 1. The van der Waals surface area contributed by atoms with Crippen LogP contribution in [0.4, 0.5) is 0 Å². The average molecular weight is 339 g/mol. The monoisotopic (exact) mass is 339 g/mol. The molecule has 25 heavy (non-hydrogen) atoms. The van der Waals surface area contributed by atoms with Gasteiger partial charge in [0, 0.05) is 30.6 Å². The topological polar surface area (TPSA) is 58.2 Å². The lowest BCUT2D eigenvalue weighted by atomic mass is 9.94. The summed E-state index contributed by atoms with van der Waals surface area (Å²) in [7, 11) is 1.69. The summed E-state index contributed by atoms with van der Waals surface area (Å²) in [5.41, 5.74) is 3.34. The molecule has 5 heteroatoms. The minimum atomic E-state index is 0.107. The van der Waals surface area contributed by atoms with Crippen LogP contribution in [0.5, 0.6) is 5.75 Å². The quantitative estimate of drug-likeness (QED) is 0.930. The van der Waals surface area contributed by atoms with Crippen molar-refractivity contribution in [2.45, 2.75) is 38.0 Å². The van der Waals surface area contributed by atoms with E-state index in [4.69, 9.17) is 4.74 Å². The van der Waals surface area contributed by atoms with E-state index < -0.39 is 0 Å². The van der Waals surface area contributed by atoms with Crippen LogP contribution >= 0.6 is 0 Å². The first-order valence-electron chi connectivity index (χ1n) is 9.11. The lowest BCUT2D eigenvalue weighted by molar-refractivity contribution is -0.133. The zero-order valence-corrected chi connectivity index (χ0v) is 14.9. The maximum atomic E-state index is 13.0. The third kappa shape index (κ3) is 3.15. The standard InChI is InChI=1S/C20H25N3O2/c1-13-10-18(22-21-13)14-6-5-9-23(12-14)20(24)17-11-16(17)15-7-3-4-8-19(15)25-2/h3-4,7-8,10,14,16-17H,5-6,9,11-12H2,1-2H3,(H,21,22). The largest absolute Gasteiger partial charge is 0.496 e. The van der Waals surface area contributed by atoms with Gasteiger partial charge in [-0.3, -0.25) is 9.89 Å². The molecule has 3 atom stereocenters. The van der Waals surface area contributed by atoms with Gasteiger partial charge in [-0.2, -0.15) is 5.10 Å². The highest BCUT2D eigenvalue weighted by Crippen LogP contribution is 2.51. The van der Waals surface area contributed by atoms with Crippen molar-refractivity contribution in [3.63, 3.8) is 0 Å². The molecule has 3 unspecified atom stereocenters. The molecule has 1 aromatic carbocycles. The number of benzene rings is 1. The molecule has 1 saturated carbocycles. The Morgan fingerprint density at radius 2 is 2.20 bits per heavy atom. The average Bonchev–Trinajstić information content (AvgIpc) is 3.34. The maximum Gasteiger partial charge on any atom is 0.226 e. The number of nitrogens with one attached hydrogen (secondary N) is 1. The van der Waals surface area contributed by atoms with E-state index in [1.54, 1.807) is 7.11 Å². The lowest BCUT2D eigenvalue weighted by Gasteiger charge is -2.32. The fraction of sp³-hybridized carbons (Fsp3) is 0.500. The number of methoxy groups -OCH3 is 1. The summed E-state index contributed by atoms with van der Waals surface area (Å²) < 4.78 is 5.46. The summed E-state index contributed by atoms with van der Waals surface area (Å²) in [6.07, 6.45) is 3.09. The third-order valence-corrected chi connectivity index (χ3v) is 5.52. The number of amides is 1. The number of para-hydroxylation sites is 1. The second-order valence-electron chi connectivity index (χ2n) is 7.29. The second kappa shape index (κ2) is 6.54. The first-order valence-corrected chi connectivity index (χ1v) is 9.11. The first kappa shape index (κ1) is 16.2. The Balaban J connectivity index is 1.43. The Labute approximate surface area is 148 Å². The summed E-state index contributed by atoms with van der Waals surface area (Å²) in [6.45, 7) is 3.68. The Bertz CT molecular complexity index is 770. The van der Waals surface area contributed by atoms with Crippen molar-refractivity contribution < 1.29 is 9.53 Å². The summed E-state index contributed by atoms with van der Waals surface area (Å²) in [5.74, 6) is 1.96. The number of hydrogen-bond donors (Lipinski definition) is 1. The number of carbonyl (C=O) groups is 1. The van der Waals surface area contributed by atoms with E-state index >= 15 is 0 Å². The Morgan fingerprint density at radius 3 is 2.96 bits per heavy atom. The van der Waals surface area contributed by atoms with E-state index in [-0.39, 0.29) is 5.92 Å². The number of ether oxygens (including phenoxy) is 1. The summed E-state index contributed by atoms with van der Waals surface area (Å²) in [5, 5.41) is 7.42. The Hall–Kier alpha value is -2.30. The Morgan fingerprint density at radius 1 is 1.36 bits per heavy atom. The van der Waals surface area contributed by atoms with Gasteiger partial charge in [0.15, 0.2) is 0 Å². The van der Waals surface area contributed by atoms with Crippen LogP contribution in [0.3, 0.4) is 0 Å². The molecule has 1 aliphatic carbocycles. The zero-order valence-electron chi connectivity index (χ0n) is 14.9. The van der Waals surface area contributed by atoms with Crippen LogP contribution in [-0.2, 0) is 4.79 Å². The number of nitrogens with zero attached hydrogens (tertiary/aromatic N) is 2. The van der Waals surface area contributed by atoms with Gasteiger partial charge in [0.25, 0.3) is 0 Å². The minimum absolute atomic E-state index is 0.107. The minimum Gasteiger partial charge on any atom is -0.496 e. The number of carbonyl (C=O) groups excluding carboxylic acids is 1. The third-order valence-electron chi connectivity index (χ3n) is 5.52. The van der Waals surface area contributed by atoms with Gasteiger partial charge < -0.3 is 9.64 Å². The molecular weight excluding hydrogens is 314 g/mol. The van der Waals surface area contributed by atoms with Crippen molar-refractivity contribution in [2.24, 2.45) is 5.92 Å². The zero-order chi connectivity index (χ0) is 17.4. The van der Waals surface area contributed by atoms with Crippen LogP contribution < -0.4 is 4.74 Å². The van der Waals surface area contributed by atoms with Gasteiger partial charge in [0.2, 0.25) is 5.91 Å². The number of aromatic amines is 1. The normalized spacial score (nSPS) is 25.7. The summed E-state index contributed by atoms with van der Waals surface area (Å²) >= 11 is 0. The number of aromatic nitrogens is 2. The van der Waals surface area contributed by atoms with Crippen molar-refractivity contribution in [1.82, 2.24) is 15.1 Å². The number of likely N-dealkylation sites (tertiary alicyclic amines) is 1. The van der Waals surface area contributed by atoms with Gasteiger partial charge in [-0.25, -0.2) is 0 Å². The molecule has 2 fully saturated rings. The predicted molar refractivity (Wildman–Crippen MR) is 95.7 cm³/mol. The van der Waals surface area contributed by atoms with E-state index in [1.807, 2.05) is 25.1 Å². The fourth-order valence-corrected chi connectivity index (χ4v) is 4.09. The fourth-order valence-electron chi connectivity index (χ4n) is 4.09. The number of hydrogen-bond acceptors (Lipinski definition) is 3. The molecule has 5 nitrogen and oxygen atoms in total. The van der Waals surface area contributed by atoms with Gasteiger partial charge in [-0.05, 0) is 49.8 Å². The summed E-state index contributed by atoms with van der Waals surface area (Å²) in [6, 6.07) is 10.2. The van der Waals surface area contributed by atoms with Crippen LogP contribution in [0.1, 0.15) is 48.0 Å². The number of aryl methyl sites for hydroxylation is 1. The lowest BCUT2D eigenvalue weighted by Crippen LogP contribution is -2.40. The highest BCUT2D eigenvalue weighted by molar-refractivity contribution is 5.83. The van der Waals surface area contributed by atoms with E-state index in [0.717, 1.165) is 49.5 Å². The molecule has 1 amide bonds. The van der Waals surface area contributed by atoms with Gasteiger partial charge in [0.1, 0.15) is 5.75 Å². The van der Waals surface area contributed by atoms with E-state index in [1.165, 1.54) is 5.56 Å². The van der Waals surface area contributed by atoms with Gasteiger partial charge in [0.05, 0.1) is 12.8 Å². The van der Waals surface area contributed by atoms with E-state index in [9.17, 15) is 4.79 Å². The van der Waals surface area contributed by atoms with E-state index in [0.29, 0.717) is 17.7 Å². The van der Waals surface area contributed by atoms with Crippen LogP contribution in [-0.4, -0.2) is 41.2 Å². The van der Waals surface area contributed by atoms with E-state index in [2.05, 4.69) is 27.2 Å². The smallest absolute Gasteiger partial charge is 0.226 e. The molecular formula is C20H25N3O2. The van der Waals surface area contributed by atoms with Gasteiger partial charge in [-0.15, -0.1) is 0 Å². The highest BCUT2D eigenvalue weighted by Gasteiger charge is 2.47. The van der Waals surface area contributed by atoms with Crippen LogP contribution in [0.2, 0.25) is 0 Å². The van der Waals surface area contributed by atoms with Crippen molar-refractivity contribution in [1.29, 1.82) is 0 Å². The molecule has 1 N–H and O–H groups in total. The first-order chi connectivity index (χ1) is 12.2. The molecule has 0 spiro atoms. The predicted octanol–water partition coefficient (Wildman–Crippen LogP) is 3.24. The highest BCUT2D eigenvalue weighted by atomic mass is 16.5. The van der Waals surface area contributed by atoms with Crippen molar-refractivity contribution >= 4 is 5.91 Å². The number of rotatable bonds is 4. The van der Waals surface area contributed by atoms with Gasteiger partial charge >= 0.3 is 0 Å². The molecule has 0 radical (unpaired) electrons. The van der Waals surface area contributed by atoms with Crippen LogP contribution in [0.25, 0.3) is 0 Å². The van der Waals surface area contributed by atoms with Gasteiger partial charge in [-0.1, -0.05) is 18.2 Å². The van der Waals surface area contributed by atoms with Crippen molar-refractivity contribution in [3.05, 3.63) is 47.3 Å². The van der Waals surface area contributed by atoms with Crippen molar-refractivity contribution in [2.75, 3.05) is 20.2 Å². The maximum absolute atomic E-state index is 13.0. The summed E-state index contributed by atoms with van der Waals surface area (Å²) in [4.78, 5) is 15.0. The second-order valence-corrected chi connectivity index (χ2v) is 7.29. The molecule has 1 aromatic heterocycles. The molecule has 132 valence electrons. The van der Waals surface area contributed by atoms with Crippen LogP contribution in [0, 0.1) is 12.8 Å². The molecule has 4 rings (SSSR count). The molecule has 2 aliphatic rings. The molecule has 2 aromatic rings. The molecule has 0 bridgehead atoms. The number of piperidine rings is 1. The van der Waals surface area contributed by atoms with Crippen molar-refractivity contribution in [3.8, 4) is 5.75 Å².